The van der Waals surface area contributed by atoms with Gasteiger partial charge in [0.1, 0.15) is 0 Å². The van der Waals surface area contributed by atoms with Gasteiger partial charge < -0.3 is 10.4 Å². The second-order valence-electron chi connectivity index (χ2n) is 9.66. The quantitative estimate of drug-likeness (QED) is 0.393. The van der Waals surface area contributed by atoms with E-state index in [0.717, 1.165) is 29.6 Å². The van der Waals surface area contributed by atoms with Crippen molar-refractivity contribution < 1.29 is 26.7 Å². The number of hydrogen-bond acceptors (Lipinski definition) is 4. The summed E-state index contributed by atoms with van der Waals surface area (Å²) in [4.78, 5) is -0.417. The first kappa shape index (κ1) is 29.3. The van der Waals surface area contributed by atoms with Gasteiger partial charge in [0.05, 0.1) is 16.6 Å². The molecule has 0 heterocycles. The highest BCUT2D eigenvalue weighted by Gasteiger charge is 2.33. The third-order valence-corrected chi connectivity index (χ3v) is 7.74. The van der Waals surface area contributed by atoms with E-state index in [9.17, 15) is 26.7 Å². The molecular formula is C26H37F3N2O3S. The number of β-amino-alcohol motifs (C(OH)–C–C–N with tert-alkyl or cyclic N) is 1. The van der Waals surface area contributed by atoms with Crippen LogP contribution < -0.4 is 5.32 Å². The first-order valence-electron chi connectivity index (χ1n) is 11.9. The largest absolute Gasteiger partial charge is 0.416 e. The zero-order valence-corrected chi connectivity index (χ0v) is 21.7. The lowest BCUT2D eigenvalue weighted by Crippen LogP contribution is -2.46. The molecule has 196 valence electrons. The maximum atomic E-state index is 13.3. The molecule has 2 rings (SSSR count). The van der Waals surface area contributed by atoms with Crippen LogP contribution in [0.2, 0.25) is 0 Å². The van der Waals surface area contributed by atoms with Gasteiger partial charge in [0.15, 0.2) is 0 Å². The Balaban J connectivity index is 1.98. The van der Waals surface area contributed by atoms with Crippen LogP contribution in [0.3, 0.4) is 0 Å². The Hall–Kier alpha value is -1.94. The zero-order chi connectivity index (χ0) is 26.3. The van der Waals surface area contributed by atoms with Crippen molar-refractivity contribution >= 4 is 10.0 Å². The average Bonchev–Trinajstić information content (AvgIpc) is 2.78. The lowest BCUT2D eigenvalue weighted by atomic mass is 9.95. The molecule has 2 aromatic carbocycles. The standard InChI is InChI=1S/C26H37F3N2O3S/c1-5-10-21-15-22(26(27,28)29)17-24(16-21)35(33,34)31(4)19-23(32)18-30-25(2,3)14-9-13-20-11-7-6-8-12-20/h6-8,11-12,15-17,23,30,32H,5,9-10,13-14,18-19H2,1-4H3/t23-/m1/s1. The monoisotopic (exact) mass is 514 g/mol. The molecule has 2 aromatic rings. The van der Waals surface area contributed by atoms with Crippen LogP contribution in [0.25, 0.3) is 0 Å². The van der Waals surface area contributed by atoms with Crippen molar-refractivity contribution in [2.24, 2.45) is 0 Å². The van der Waals surface area contributed by atoms with Crippen LogP contribution in [-0.4, -0.2) is 49.6 Å². The van der Waals surface area contributed by atoms with Gasteiger partial charge in [-0.05, 0) is 68.9 Å². The van der Waals surface area contributed by atoms with E-state index in [1.54, 1.807) is 0 Å². The summed E-state index contributed by atoms with van der Waals surface area (Å²) in [6.07, 6.45) is -2.01. The molecule has 0 amide bonds. The summed E-state index contributed by atoms with van der Waals surface area (Å²) in [5, 5.41) is 13.7. The van der Waals surface area contributed by atoms with Gasteiger partial charge in [0.25, 0.3) is 0 Å². The maximum Gasteiger partial charge on any atom is 0.416 e. The van der Waals surface area contributed by atoms with Crippen LogP contribution >= 0.6 is 0 Å². The first-order valence-corrected chi connectivity index (χ1v) is 13.3. The third-order valence-electron chi connectivity index (χ3n) is 5.93. The zero-order valence-electron chi connectivity index (χ0n) is 20.9. The molecule has 0 unspecified atom stereocenters. The number of alkyl halides is 3. The van der Waals surface area contributed by atoms with Crippen LogP contribution in [0.4, 0.5) is 13.2 Å². The summed E-state index contributed by atoms with van der Waals surface area (Å²) in [6.45, 7) is 5.76. The van der Waals surface area contributed by atoms with Gasteiger partial charge in [-0.2, -0.15) is 17.5 Å². The molecule has 35 heavy (non-hydrogen) atoms. The number of nitrogens with one attached hydrogen (secondary N) is 1. The number of aliphatic hydroxyl groups excluding tert-OH is 1. The molecule has 5 nitrogen and oxygen atoms in total. The summed E-state index contributed by atoms with van der Waals surface area (Å²) in [6, 6.07) is 13.1. The molecule has 0 saturated heterocycles. The van der Waals surface area contributed by atoms with E-state index in [-0.39, 0.29) is 18.6 Å². The third kappa shape index (κ3) is 9.22. The SMILES string of the molecule is CCCc1cc(C(F)(F)F)cc(S(=O)(=O)N(C)C[C@H](O)CNC(C)(C)CCCc2ccccc2)c1. The Morgan fingerprint density at radius 2 is 1.69 bits per heavy atom. The molecule has 9 heteroatoms. The fraction of sp³-hybridized carbons (Fsp3) is 0.538. The number of rotatable bonds is 13. The highest BCUT2D eigenvalue weighted by molar-refractivity contribution is 7.89. The van der Waals surface area contributed by atoms with Crippen LogP contribution in [0.5, 0.6) is 0 Å². The van der Waals surface area contributed by atoms with E-state index >= 15 is 0 Å². The van der Waals surface area contributed by atoms with Crippen molar-refractivity contribution in [3.63, 3.8) is 0 Å². The molecule has 0 spiro atoms. The number of aryl methyl sites for hydroxylation is 2. The smallest absolute Gasteiger partial charge is 0.390 e. The molecule has 0 fully saturated rings. The van der Waals surface area contributed by atoms with Crippen LogP contribution in [-0.2, 0) is 29.0 Å². The number of likely N-dealkylation sites (N-methyl/N-ethyl adjacent to an activating group) is 1. The lowest BCUT2D eigenvalue weighted by molar-refractivity contribution is -0.137. The van der Waals surface area contributed by atoms with E-state index in [1.807, 2.05) is 39.0 Å². The van der Waals surface area contributed by atoms with Crippen molar-refractivity contribution in [1.29, 1.82) is 0 Å². The van der Waals surface area contributed by atoms with E-state index in [4.69, 9.17) is 0 Å². The second kappa shape index (κ2) is 12.3. The molecule has 1 atom stereocenters. The second-order valence-corrected chi connectivity index (χ2v) is 11.7. The predicted molar refractivity (Wildman–Crippen MR) is 133 cm³/mol. The molecule has 0 saturated carbocycles. The minimum Gasteiger partial charge on any atom is -0.390 e. The normalized spacial score (nSPS) is 13.9. The Morgan fingerprint density at radius 3 is 2.29 bits per heavy atom. The fourth-order valence-electron chi connectivity index (χ4n) is 3.91. The molecule has 0 aliphatic carbocycles. The molecule has 0 bridgehead atoms. The van der Waals surface area contributed by atoms with E-state index in [1.165, 1.54) is 18.7 Å². The molecule has 0 aromatic heterocycles. The number of benzene rings is 2. The summed E-state index contributed by atoms with van der Waals surface area (Å²) in [7, 11) is -2.94. The van der Waals surface area contributed by atoms with Crippen molar-refractivity contribution in [2.75, 3.05) is 20.1 Å². The Labute approximate surface area is 207 Å². The number of hydrogen-bond donors (Lipinski definition) is 2. The lowest BCUT2D eigenvalue weighted by Gasteiger charge is -2.29. The molecular weight excluding hydrogens is 477 g/mol. The molecule has 0 aliphatic rings. The molecule has 2 N–H and O–H groups in total. The van der Waals surface area contributed by atoms with E-state index < -0.39 is 32.8 Å². The summed E-state index contributed by atoms with van der Waals surface area (Å²) in [5.41, 5.74) is 0.305. The van der Waals surface area contributed by atoms with Gasteiger partial charge in [-0.15, -0.1) is 0 Å². The summed E-state index contributed by atoms with van der Waals surface area (Å²) >= 11 is 0. The van der Waals surface area contributed by atoms with Crippen molar-refractivity contribution in [3.8, 4) is 0 Å². The number of sulfonamides is 1. The van der Waals surface area contributed by atoms with Gasteiger partial charge in [-0.25, -0.2) is 8.42 Å². The minimum absolute atomic E-state index is 0.155. The van der Waals surface area contributed by atoms with Crippen molar-refractivity contribution in [1.82, 2.24) is 9.62 Å². The van der Waals surface area contributed by atoms with Crippen LogP contribution in [0, 0.1) is 0 Å². The summed E-state index contributed by atoms with van der Waals surface area (Å²) < 4.78 is 66.9. The molecule has 0 aliphatic heterocycles. The van der Waals surface area contributed by atoms with Gasteiger partial charge in [0.2, 0.25) is 10.0 Å². The Morgan fingerprint density at radius 1 is 1.03 bits per heavy atom. The number of aliphatic hydroxyl groups is 1. The number of halogens is 3. The Bertz CT molecular complexity index is 1040. The Kier molecular flexibility index (Phi) is 10.3. The highest BCUT2D eigenvalue weighted by atomic mass is 32.2. The fourth-order valence-corrected chi connectivity index (χ4v) is 5.21. The van der Waals surface area contributed by atoms with E-state index in [2.05, 4.69) is 17.4 Å². The van der Waals surface area contributed by atoms with Gasteiger partial charge in [0, 0.05) is 25.7 Å². The predicted octanol–water partition coefficient (Wildman–Crippen LogP) is 5.03. The first-order chi connectivity index (χ1) is 16.2. The minimum atomic E-state index is -4.65. The number of nitrogens with zero attached hydrogens (tertiary/aromatic N) is 1. The van der Waals surface area contributed by atoms with Gasteiger partial charge in [-0.3, -0.25) is 0 Å². The van der Waals surface area contributed by atoms with Crippen molar-refractivity contribution in [2.45, 2.75) is 75.6 Å². The topological polar surface area (TPSA) is 69.6 Å². The summed E-state index contributed by atoms with van der Waals surface area (Å²) in [5.74, 6) is 0. The van der Waals surface area contributed by atoms with Gasteiger partial charge in [-0.1, -0.05) is 43.7 Å². The van der Waals surface area contributed by atoms with Crippen molar-refractivity contribution in [3.05, 3.63) is 65.2 Å². The maximum absolute atomic E-state index is 13.3. The van der Waals surface area contributed by atoms with Gasteiger partial charge >= 0.3 is 6.18 Å². The van der Waals surface area contributed by atoms with E-state index in [0.29, 0.717) is 24.5 Å². The average molecular weight is 515 g/mol. The van der Waals surface area contributed by atoms with Crippen LogP contribution in [0.1, 0.15) is 56.7 Å². The van der Waals surface area contributed by atoms with Crippen LogP contribution in [0.15, 0.2) is 53.4 Å². The molecule has 0 radical (unpaired) electrons. The highest BCUT2D eigenvalue weighted by Crippen LogP contribution is 2.32.